The third-order valence-corrected chi connectivity index (χ3v) is 5.65. The van der Waals surface area contributed by atoms with Gasteiger partial charge in [-0.1, -0.05) is 46.3 Å². The first-order valence-electron chi connectivity index (χ1n) is 9.73. The molecule has 7 heteroatoms. The number of halogens is 1. The van der Waals surface area contributed by atoms with Gasteiger partial charge in [0.05, 0.1) is 29.8 Å². The van der Waals surface area contributed by atoms with Gasteiger partial charge in [-0.3, -0.25) is 9.59 Å². The van der Waals surface area contributed by atoms with Crippen LogP contribution in [0.3, 0.4) is 0 Å². The molecule has 4 aromatic rings. The molecule has 4 rings (SSSR count). The van der Waals surface area contributed by atoms with Gasteiger partial charge < -0.3 is 15.0 Å². The molecular weight excluding hydrogens is 458 g/mol. The number of fused-ring (bicyclic) bond motifs is 1. The van der Waals surface area contributed by atoms with Crippen LogP contribution < -0.4 is 5.32 Å². The van der Waals surface area contributed by atoms with Gasteiger partial charge in [-0.2, -0.15) is 0 Å². The Morgan fingerprint density at radius 2 is 1.87 bits per heavy atom. The highest BCUT2D eigenvalue weighted by Gasteiger charge is 2.20. The number of rotatable bonds is 6. The van der Waals surface area contributed by atoms with Crippen LogP contribution in [-0.2, 0) is 4.79 Å². The Morgan fingerprint density at radius 1 is 1.10 bits per heavy atom. The van der Waals surface area contributed by atoms with Crippen molar-refractivity contribution >= 4 is 44.5 Å². The quantitative estimate of drug-likeness (QED) is 0.388. The van der Waals surface area contributed by atoms with Gasteiger partial charge in [0.1, 0.15) is 0 Å². The Hall–Kier alpha value is -3.45. The van der Waals surface area contributed by atoms with E-state index in [0.29, 0.717) is 16.8 Å². The van der Waals surface area contributed by atoms with Crippen molar-refractivity contribution in [3.05, 3.63) is 94.2 Å². The normalized spacial score (nSPS) is 11.9. The smallest absolute Gasteiger partial charge is 0.305 e. The lowest BCUT2D eigenvalue weighted by Crippen LogP contribution is -2.14. The van der Waals surface area contributed by atoms with Crippen molar-refractivity contribution in [3.8, 4) is 0 Å². The van der Waals surface area contributed by atoms with Crippen molar-refractivity contribution in [2.45, 2.75) is 19.4 Å². The molecule has 31 heavy (non-hydrogen) atoms. The second-order valence-electron chi connectivity index (χ2n) is 7.29. The Balaban J connectivity index is 1.64. The summed E-state index contributed by atoms with van der Waals surface area (Å²) >= 11 is 3.41. The Morgan fingerprint density at radius 3 is 2.58 bits per heavy atom. The first-order chi connectivity index (χ1) is 14.9. The number of carbonyl (C=O) groups is 2. The van der Waals surface area contributed by atoms with E-state index in [1.165, 1.54) is 0 Å². The molecule has 156 valence electrons. The first kappa shape index (κ1) is 20.8. The maximum atomic E-state index is 12.7. The van der Waals surface area contributed by atoms with Crippen LogP contribution in [0.5, 0.6) is 0 Å². The molecule has 0 aliphatic heterocycles. The second-order valence-corrected chi connectivity index (χ2v) is 8.21. The minimum Gasteiger partial charge on any atom is -0.481 e. The van der Waals surface area contributed by atoms with Crippen LogP contribution in [0.1, 0.15) is 33.9 Å². The van der Waals surface area contributed by atoms with E-state index in [-0.39, 0.29) is 18.4 Å². The topological polar surface area (TPSA) is 84.2 Å². The largest absolute Gasteiger partial charge is 0.481 e. The van der Waals surface area contributed by atoms with Gasteiger partial charge in [-0.25, -0.2) is 4.98 Å². The number of carboxylic acid groups (broad SMARTS) is 1. The lowest BCUT2D eigenvalue weighted by Gasteiger charge is -2.18. The summed E-state index contributed by atoms with van der Waals surface area (Å²) in [7, 11) is 0. The highest BCUT2D eigenvalue weighted by Crippen LogP contribution is 2.28. The fourth-order valence-corrected chi connectivity index (χ4v) is 4.13. The van der Waals surface area contributed by atoms with Crippen molar-refractivity contribution < 1.29 is 14.7 Å². The number of hydrogen-bond donors (Lipinski definition) is 2. The van der Waals surface area contributed by atoms with E-state index in [0.717, 1.165) is 21.1 Å². The minimum atomic E-state index is -0.885. The minimum absolute atomic E-state index is 0.0587. The molecule has 0 fully saturated rings. The molecule has 1 amide bonds. The summed E-state index contributed by atoms with van der Waals surface area (Å²) in [5.74, 6) is -1.08. The maximum absolute atomic E-state index is 12.7. The van der Waals surface area contributed by atoms with E-state index >= 15 is 0 Å². The highest BCUT2D eigenvalue weighted by molar-refractivity contribution is 9.10. The molecule has 0 aliphatic rings. The van der Waals surface area contributed by atoms with Gasteiger partial charge in [-0.05, 0) is 54.4 Å². The van der Waals surface area contributed by atoms with E-state index in [2.05, 4.69) is 26.2 Å². The van der Waals surface area contributed by atoms with E-state index in [1.807, 2.05) is 60.0 Å². The predicted molar refractivity (Wildman–Crippen MR) is 123 cm³/mol. The molecule has 0 saturated heterocycles. The number of amides is 1. The summed E-state index contributed by atoms with van der Waals surface area (Å²) in [6, 6.07) is 20.1. The molecule has 0 radical (unpaired) electrons. The highest BCUT2D eigenvalue weighted by atomic mass is 79.9. The van der Waals surface area contributed by atoms with Crippen molar-refractivity contribution in [2.75, 3.05) is 5.32 Å². The monoisotopic (exact) mass is 477 g/mol. The van der Waals surface area contributed by atoms with Crippen LogP contribution in [-0.4, -0.2) is 26.5 Å². The lowest BCUT2D eigenvalue weighted by molar-refractivity contribution is -0.137. The SMILES string of the molecule is Cc1cc(Br)ccc1C(=O)Nc1ccc2c(c1)ncn2C(CC(=O)O)c1ccccc1. The molecule has 6 nitrogen and oxygen atoms in total. The summed E-state index contributed by atoms with van der Waals surface area (Å²) < 4.78 is 2.78. The molecule has 0 aliphatic carbocycles. The molecule has 1 atom stereocenters. The number of carbonyl (C=O) groups excluding carboxylic acids is 1. The third-order valence-electron chi connectivity index (χ3n) is 5.15. The van der Waals surface area contributed by atoms with Crippen LogP contribution in [0.4, 0.5) is 5.69 Å². The average molecular weight is 478 g/mol. The van der Waals surface area contributed by atoms with Gasteiger partial charge in [-0.15, -0.1) is 0 Å². The fourth-order valence-electron chi connectivity index (χ4n) is 3.66. The molecule has 1 unspecified atom stereocenters. The summed E-state index contributed by atoms with van der Waals surface area (Å²) in [5, 5.41) is 12.3. The Bertz CT molecular complexity index is 1270. The number of hydrogen-bond acceptors (Lipinski definition) is 3. The van der Waals surface area contributed by atoms with E-state index in [1.54, 1.807) is 24.5 Å². The van der Waals surface area contributed by atoms with Crippen molar-refractivity contribution in [2.24, 2.45) is 0 Å². The Labute approximate surface area is 187 Å². The summed E-state index contributed by atoms with van der Waals surface area (Å²) in [4.78, 5) is 28.6. The maximum Gasteiger partial charge on any atom is 0.305 e. The molecule has 1 aromatic heterocycles. The van der Waals surface area contributed by atoms with Gasteiger partial charge in [0.25, 0.3) is 5.91 Å². The van der Waals surface area contributed by atoms with Crippen LogP contribution >= 0.6 is 15.9 Å². The molecule has 0 saturated carbocycles. The number of aliphatic carboxylic acids is 1. The van der Waals surface area contributed by atoms with E-state index < -0.39 is 5.97 Å². The van der Waals surface area contributed by atoms with Crippen molar-refractivity contribution in [1.29, 1.82) is 0 Å². The molecular formula is C24H20BrN3O3. The van der Waals surface area contributed by atoms with Crippen LogP contribution in [0, 0.1) is 6.92 Å². The average Bonchev–Trinajstić information content (AvgIpc) is 3.15. The number of aryl methyl sites for hydroxylation is 1. The number of aromatic nitrogens is 2. The summed E-state index contributed by atoms with van der Waals surface area (Å²) in [6.45, 7) is 1.89. The third kappa shape index (κ3) is 4.51. The first-order valence-corrected chi connectivity index (χ1v) is 10.5. The lowest BCUT2D eigenvalue weighted by atomic mass is 10.0. The zero-order chi connectivity index (χ0) is 22.0. The fraction of sp³-hybridized carbons (Fsp3) is 0.125. The number of nitrogens with zero attached hydrogens (tertiary/aromatic N) is 2. The molecule has 0 bridgehead atoms. The number of nitrogens with one attached hydrogen (secondary N) is 1. The van der Waals surface area contributed by atoms with Gasteiger partial charge >= 0.3 is 5.97 Å². The van der Waals surface area contributed by atoms with E-state index in [4.69, 9.17) is 0 Å². The number of benzene rings is 3. The summed E-state index contributed by atoms with van der Waals surface area (Å²) in [5.41, 5.74) is 4.47. The zero-order valence-electron chi connectivity index (χ0n) is 16.7. The standard InChI is InChI=1S/C24H20BrN3O3/c1-15-11-17(25)7-9-19(15)24(31)27-18-8-10-21-20(12-18)26-14-28(21)22(13-23(29)30)16-5-3-2-4-6-16/h2-12,14,22H,13H2,1H3,(H,27,31)(H,29,30). The molecule has 2 N–H and O–H groups in total. The molecule has 3 aromatic carbocycles. The Kier molecular flexibility index (Phi) is 5.86. The van der Waals surface area contributed by atoms with Gasteiger partial charge in [0, 0.05) is 15.7 Å². The van der Waals surface area contributed by atoms with Gasteiger partial charge in [0.15, 0.2) is 0 Å². The second kappa shape index (κ2) is 8.73. The van der Waals surface area contributed by atoms with Crippen molar-refractivity contribution in [3.63, 3.8) is 0 Å². The van der Waals surface area contributed by atoms with Crippen LogP contribution in [0.25, 0.3) is 11.0 Å². The van der Waals surface area contributed by atoms with Gasteiger partial charge in [0.2, 0.25) is 0 Å². The van der Waals surface area contributed by atoms with Crippen molar-refractivity contribution in [1.82, 2.24) is 9.55 Å². The number of carboxylic acids is 1. The number of anilines is 1. The molecule has 1 heterocycles. The molecule has 0 spiro atoms. The van der Waals surface area contributed by atoms with Crippen LogP contribution in [0.2, 0.25) is 0 Å². The predicted octanol–water partition coefficient (Wildman–Crippen LogP) is 5.42. The number of imidazole rings is 1. The zero-order valence-corrected chi connectivity index (χ0v) is 18.3. The van der Waals surface area contributed by atoms with Crippen LogP contribution in [0.15, 0.2) is 77.5 Å². The summed E-state index contributed by atoms with van der Waals surface area (Å²) in [6.07, 6.45) is 1.59. The van der Waals surface area contributed by atoms with E-state index in [9.17, 15) is 14.7 Å².